The van der Waals surface area contributed by atoms with Crippen molar-refractivity contribution in [1.82, 2.24) is 9.13 Å². The van der Waals surface area contributed by atoms with E-state index < -0.39 is 0 Å². The number of hydrogen-bond donors (Lipinski definition) is 0. The van der Waals surface area contributed by atoms with Gasteiger partial charge in [-0.25, -0.2) is 0 Å². The van der Waals surface area contributed by atoms with Crippen molar-refractivity contribution in [2.24, 2.45) is 0 Å². The van der Waals surface area contributed by atoms with E-state index in [4.69, 9.17) is 4.42 Å². The maximum absolute atomic E-state index is 7.09. The predicted octanol–water partition coefficient (Wildman–Crippen LogP) is 12.1. The van der Waals surface area contributed by atoms with Crippen LogP contribution in [-0.2, 0) is 0 Å². The van der Waals surface area contributed by atoms with E-state index in [9.17, 15) is 0 Å². The summed E-state index contributed by atoms with van der Waals surface area (Å²) in [5.74, 6) is 0. The van der Waals surface area contributed by atoms with Crippen molar-refractivity contribution in [2.45, 2.75) is 0 Å². The van der Waals surface area contributed by atoms with Gasteiger partial charge in [-0.1, -0.05) is 110 Å². The molecule has 10 rings (SSSR count). The SMILES string of the molecule is C=Cc1ccccc1C(=C)n1c2ccccc2c2c3oc4c(ccc5c4c4ccccc4n5-c4ccc5ccccc5c4)c3ccc21. The molecule has 0 aliphatic rings. The van der Waals surface area contributed by atoms with E-state index in [0.717, 1.165) is 82.7 Å². The van der Waals surface area contributed by atoms with Crippen molar-refractivity contribution in [3.05, 3.63) is 164 Å². The van der Waals surface area contributed by atoms with Crippen molar-refractivity contribution in [3.63, 3.8) is 0 Å². The average molecular weight is 601 g/mol. The fourth-order valence-corrected chi connectivity index (χ4v) is 7.74. The topological polar surface area (TPSA) is 23.0 Å². The van der Waals surface area contributed by atoms with Crippen molar-refractivity contribution in [2.75, 3.05) is 0 Å². The van der Waals surface area contributed by atoms with Crippen molar-refractivity contribution >= 4 is 88.1 Å². The number of aromatic nitrogens is 2. The van der Waals surface area contributed by atoms with E-state index in [-0.39, 0.29) is 0 Å². The Hall–Kier alpha value is -6.32. The fourth-order valence-electron chi connectivity index (χ4n) is 7.74. The monoisotopic (exact) mass is 600 g/mol. The molecule has 220 valence electrons. The number of para-hydroxylation sites is 2. The summed E-state index contributed by atoms with van der Waals surface area (Å²) in [5.41, 5.74) is 10.4. The van der Waals surface area contributed by atoms with Crippen molar-refractivity contribution < 1.29 is 4.42 Å². The molecule has 0 unspecified atom stereocenters. The summed E-state index contributed by atoms with van der Waals surface area (Å²) in [6, 6.07) is 49.6. The van der Waals surface area contributed by atoms with Gasteiger partial charge in [-0.05, 0) is 64.9 Å². The molecule has 0 N–H and O–H groups in total. The highest BCUT2D eigenvalue weighted by Gasteiger charge is 2.23. The molecule has 3 aromatic heterocycles. The summed E-state index contributed by atoms with van der Waals surface area (Å²) in [4.78, 5) is 0. The molecule has 7 aromatic carbocycles. The molecule has 0 bridgehead atoms. The smallest absolute Gasteiger partial charge is 0.145 e. The number of nitrogens with zero attached hydrogens (tertiary/aromatic N) is 2. The number of furan rings is 1. The number of fused-ring (bicyclic) bond motifs is 12. The molecular weight excluding hydrogens is 572 g/mol. The zero-order chi connectivity index (χ0) is 31.2. The third-order valence-electron chi connectivity index (χ3n) is 9.83. The molecule has 0 fully saturated rings. The number of hydrogen-bond acceptors (Lipinski definition) is 1. The molecule has 0 amide bonds. The van der Waals surface area contributed by atoms with E-state index >= 15 is 0 Å². The molecule has 10 aromatic rings. The highest BCUT2D eigenvalue weighted by atomic mass is 16.3. The van der Waals surface area contributed by atoms with Crippen molar-refractivity contribution in [1.29, 1.82) is 0 Å². The van der Waals surface area contributed by atoms with Crippen LogP contribution in [0.1, 0.15) is 11.1 Å². The third-order valence-corrected chi connectivity index (χ3v) is 9.83. The van der Waals surface area contributed by atoms with Crippen LogP contribution in [0, 0.1) is 0 Å². The largest absolute Gasteiger partial charge is 0.455 e. The van der Waals surface area contributed by atoms with Crippen LogP contribution in [0.15, 0.2) is 157 Å². The van der Waals surface area contributed by atoms with E-state index in [2.05, 4.69) is 156 Å². The average Bonchev–Trinajstić information content (AvgIpc) is 3.78. The van der Waals surface area contributed by atoms with E-state index in [1.807, 2.05) is 12.1 Å². The van der Waals surface area contributed by atoms with Crippen molar-refractivity contribution in [3.8, 4) is 5.69 Å². The molecule has 0 aliphatic carbocycles. The summed E-state index contributed by atoms with van der Waals surface area (Å²) < 4.78 is 11.7. The van der Waals surface area contributed by atoms with Gasteiger partial charge in [0.15, 0.2) is 0 Å². The Bertz CT molecular complexity index is 2950. The van der Waals surface area contributed by atoms with Gasteiger partial charge in [-0.15, -0.1) is 0 Å². The molecule has 3 nitrogen and oxygen atoms in total. The van der Waals surface area contributed by atoms with Crippen LogP contribution < -0.4 is 0 Å². The van der Waals surface area contributed by atoms with E-state index in [1.54, 1.807) is 0 Å². The predicted molar refractivity (Wildman–Crippen MR) is 200 cm³/mol. The second kappa shape index (κ2) is 9.59. The lowest BCUT2D eigenvalue weighted by Crippen LogP contribution is -1.99. The van der Waals surface area contributed by atoms with Gasteiger partial charge in [0.05, 0.1) is 32.8 Å². The van der Waals surface area contributed by atoms with Gasteiger partial charge < -0.3 is 13.6 Å². The second-order valence-corrected chi connectivity index (χ2v) is 12.2. The molecule has 3 heterocycles. The summed E-state index contributed by atoms with van der Waals surface area (Å²) >= 11 is 0. The van der Waals surface area contributed by atoms with E-state index in [1.165, 1.54) is 16.2 Å². The van der Waals surface area contributed by atoms with Crippen LogP contribution in [-0.4, -0.2) is 9.13 Å². The first-order chi connectivity index (χ1) is 23.2. The fraction of sp³-hybridized carbons (Fsp3) is 0. The first kappa shape index (κ1) is 26.0. The Balaban J connectivity index is 1.30. The van der Waals surface area contributed by atoms with Crippen LogP contribution in [0.3, 0.4) is 0 Å². The summed E-state index contributed by atoms with van der Waals surface area (Å²) in [5, 5.41) is 9.21. The zero-order valence-electron chi connectivity index (χ0n) is 25.6. The molecule has 0 spiro atoms. The standard InChI is InChI=1S/C44H28N2O/c1-3-28-12-6-7-15-32(28)27(2)45-37-18-10-8-16-35(37)41-39(45)24-22-33-34-23-25-40-42(44(34)47-43(33)41)36-17-9-11-19-38(36)46(40)31-21-20-29-13-4-5-14-30(29)26-31/h3-26H,1-2H2. The highest BCUT2D eigenvalue weighted by Crippen LogP contribution is 2.45. The Labute approximate surface area is 270 Å². The summed E-state index contributed by atoms with van der Waals surface area (Å²) in [7, 11) is 0. The van der Waals surface area contributed by atoms with Crippen LogP contribution >= 0.6 is 0 Å². The third kappa shape index (κ3) is 3.51. The molecule has 47 heavy (non-hydrogen) atoms. The highest BCUT2D eigenvalue weighted by molar-refractivity contribution is 6.29. The van der Waals surface area contributed by atoms with Crippen LogP contribution in [0.5, 0.6) is 0 Å². The quantitative estimate of drug-likeness (QED) is 0.197. The Morgan fingerprint density at radius 1 is 0.532 bits per heavy atom. The normalized spacial score (nSPS) is 12.0. The maximum atomic E-state index is 7.09. The van der Waals surface area contributed by atoms with Gasteiger partial charge >= 0.3 is 0 Å². The summed E-state index contributed by atoms with van der Waals surface area (Å²) in [6.45, 7) is 8.67. The molecule has 0 atom stereocenters. The van der Waals surface area contributed by atoms with Gasteiger partial charge in [0, 0.05) is 38.5 Å². The minimum absolute atomic E-state index is 0.896. The van der Waals surface area contributed by atoms with Crippen LogP contribution in [0.25, 0.3) is 93.8 Å². The first-order valence-corrected chi connectivity index (χ1v) is 15.9. The lowest BCUT2D eigenvalue weighted by Gasteiger charge is -2.14. The van der Waals surface area contributed by atoms with Gasteiger partial charge in [-0.3, -0.25) is 0 Å². The Morgan fingerprint density at radius 3 is 1.94 bits per heavy atom. The molecule has 0 saturated heterocycles. The minimum Gasteiger partial charge on any atom is -0.455 e. The molecular formula is C44H28N2O. The maximum Gasteiger partial charge on any atom is 0.145 e. The molecule has 0 saturated carbocycles. The number of rotatable bonds is 4. The first-order valence-electron chi connectivity index (χ1n) is 15.9. The van der Waals surface area contributed by atoms with Crippen LogP contribution in [0.2, 0.25) is 0 Å². The lowest BCUT2D eigenvalue weighted by atomic mass is 10.0. The lowest BCUT2D eigenvalue weighted by molar-refractivity contribution is 0.677. The molecule has 3 heteroatoms. The number of benzene rings is 7. The molecule has 0 radical (unpaired) electrons. The van der Waals surface area contributed by atoms with Gasteiger partial charge in [0.1, 0.15) is 11.2 Å². The van der Waals surface area contributed by atoms with Gasteiger partial charge in [0.2, 0.25) is 0 Å². The second-order valence-electron chi connectivity index (χ2n) is 12.2. The van der Waals surface area contributed by atoms with E-state index in [0.29, 0.717) is 0 Å². The van der Waals surface area contributed by atoms with Gasteiger partial charge in [0.25, 0.3) is 0 Å². The Morgan fingerprint density at radius 2 is 1.15 bits per heavy atom. The zero-order valence-corrected chi connectivity index (χ0v) is 25.6. The van der Waals surface area contributed by atoms with Gasteiger partial charge in [-0.2, -0.15) is 0 Å². The molecule has 0 aliphatic heterocycles. The Kier molecular flexibility index (Phi) is 5.30. The van der Waals surface area contributed by atoms with Crippen LogP contribution in [0.4, 0.5) is 0 Å². The minimum atomic E-state index is 0.896. The summed E-state index contributed by atoms with van der Waals surface area (Å²) in [6.07, 6.45) is 1.89.